The van der Waals surface area contributed by atoms with E-state index in [4.69, 9.17) is 4.74 Å². The number of halogens is 1. The predicted octanol–water partition coefficient (Wildman–Crippen LogP) is 3.69. The molecule has 0 radical (unpaired) electrons. The predicted molar refractivity (Wildman–Crippen MR) is 78.2 cm³/mol. The highest BCUT2D eigenvalue weighted by Crippen LogP contribution is 2.49. The maximum Gasteiger partial charge on any atom is 0.127 e. The van der Waals surface area contributed by atoms with Gasteiger partial charge in [-0.05, 0) is 17.5 Å². The summed E-state index contributed by atoms with van der Waals surface area (Å²) in [7, 11) is 0. The molecule has 2 nitrogen and oxygen atoms in total. The molecule has 1 aromatic carbocycles. The van der Waals surface area contributed by atoms with Crippen molar-refractivity contribution < 1.29 is 9.84 Å². The third kappa shape index (κ3) is 1.89. The van der Waals surface area contributed by atoms with Gasteiger partial charge in [0, 0.05) is 33.0 Å². The minimum atomic E-state index is -0.400. The third-order valence-corrected chi connectivity index (χ3v) is 6.05. The number of ether oxygens (including phenoxy) is 1. The molecule has 0 bridgehead atoms. The van der Waals surface area contributed by atoms with Crippen molar-refractivity contribution in [2.45, 2.75) is 37.4 Å². The minimum Gasteiger partial charge on any atom is -0.493 e. The Hall–Kier alpha value is -0.190. The number of rotatable bonds is 1. The Bertz CT molecular complexity index is 487. The first-order valence-electron chi connectivity index (χ1n) is 6.36. The van der Waals surface area contributed by atoms with E-state index in [0.29, 0.717) is 5.92 Å². The van der Waals surface area contributed by atoms with Crippen LogP contribution in [0.25, 0.3) is 0 Å². The summed E-state index contributed by atoms with van der Waals surface area (Å²) in [5.41, 5.74) is 3.52. The lowest BCUT2D eigenvalue weighted by atomic mass is 9.93. The van der Waals surface area contributed by atoms with E-state index >= 15 is 0 Å². The zero-order valence-electron chi connectivity index (χ0n) is 10.6. The largest absolute Gasteiger partial charge is 0.493 e. The molecular weight excluding hydrogens is 312 g/mol. The van der Waals surface area contributed by atoms with Crippen LogP contribution in [0, 0.1) is 5.92 Å². The van der Waals surface area contributed by atoms with Crippen molar-refractivity contribution >= 4 is 27.7 Å². The number of aliphatic hydroxyl groups excluding tert-OH is 1. The molecule has 2 atom stereocenters. The van der Waals surface area contributed by atoms with Gasteiger partial charge in [-0.1, -0.05) is 29.8 Å². The number of fused-ring (bicyclic) bond motifs is 3. The SMILES string of the molecule is CC(C)C1SCc2c3c(cc(Br)c2C1O)CCO3. The lowest BCUT2D eigenvalue weighted by molar-refractivity contribution is 0.154. The van der Waals surface area contributed by atoms with E-state index in [-0.39, 0.29) is 5.25 Å². The summed E-state index contributed by atoms with van der Waals surface area (Å²) in [4.78, 5) is 0. The summed E-state index contributed by atoms with van der Waals surface area (Å²) in [5, 5.41) is 10.9. The van der Waals surface area contributed by atoms with Crippen molar-refractivity contribution in [3.63, 3.8) is 0 Å². The Labute approximate surface area is 120 Å². The zero-order valence-corrected chi connectivity index (χ0v) is 13.0. The maximum atomic E-state index is 10.6. The van der Waals surface area contributed by atoms with E-state index in [9.17, 15) is 5.11 Å². The molecule has 0 aliphatic carbocycles. The quantitative estimate of drug-likeness (QED) is 0.852. The van der Waals surface area contributed by atoms with Crippen LogP contribution in [0.1, 0.15) is 36.6 Å². The molecular formula is C14H17BrO2S. The number of hydrogen-bond donors (Lipinski definition) is 1. The van der Waals surface area contributed by atoms with Crippen molar-refractivity contribution in [1.82, 2.24) is 0 Å². The summed E-state index contributed by atoms with van der Waals surface area (Å²) >= 11 is 5.47. The molecule has 98 valence electrons. The maximum absolute atomic E-state index is 10.6. The van der Waals surface area contributed by atoms with Gasteiger partial charge in [0.2, 0.25) is 0 Å². The van der Waals surface area contributed by atoms with Gasteiger partial charge in [0.15, 0.2) is 0 Å². The summed E-state index contributed by atoms with van der Waals surface area (Å²) in [6.07, 6.45) is 0.581. The molecule has 1 N–H and O–H groups in total. The fourth-order valence-corrected chi connectivity index (χ4v) is 4.94. The van der Waals surface area contributed by atoms with Gasteiger partial charge < -0.3 is 9.84 Å². The average Bonchev–Trinajstić information content (AvgIpc) is 2.76. The summed E-state index contributed by atoms with van der Waals surface area (Å²) in [5.74, 6) is 2.44. The highest BCUT2D eigenvalue weighted by Gasteiger charge is 2.35. The molecule has 2 unspecified atom stereocenters. The average molecular weight is 329 g/mol. The molecule has 2 heterocycles. The first kappa shape index (κ1) is 12.8. The van der Waals surface area contributed by atoms with E-state index in [2.05, 4.69) is 35.8 Å². The summed E-state index contributed by atoms with van der Waals surface area (Å²) in [6.45, 7) is 5.11. The molecule has 3 rings (SSSR count). The van der Waals surface area contributed by atoms with E-state index < -0.39 is 6.10 Å². The fourth-order valence-electron chi connectivity index (χ4n) is 2.84. The lowest BCUT2D eigenvalue weighted by Gasteiger charge is -2.33. The van der Waals surface area contributed by atoms with Crippen molar-refractivity contribution in [2.75, 3.05) is 6.61 Å². The van der Waals surface area contributed by atoms with E-state index in [1.807, 2.05) is 11.8 Å². The van der Waals surface area contributed by atoms with E-state index in [1.54, 1.807) is 0 Å². The van der Waals surface area contributed by atoms with Crippen LogP contribution in [0.4, 0.5) is 0 Å². The van der Waals surface area contributed by atoms with E-state index in [1.165, 1.54) is 11.1 Å². The Morgan fingerprint density at radius 3 is 3.00 bits per heavy atom. The molecule has 2 aliphatic rings. The van der Waals surface area contributed by atoms with Gasteiger partial charge >= 0.3 is 0 Å². The Kier molecular flexibility index (Phi) is 3.37. The van der Waals surface area contributed by atoms with Gasteiger partial charge in [0.1, 0.15) is 5.75 Å². The molecule has 2 aliphatic heterocycles. The summed E-state index contributed by atoms with van der Waals surface area (Å²) in [6, 6.07) is 2.12. The van der Waals surface area contributed by atoms with Gasteiger partial charge in [-0.15, -0.1) is 0 Å². The number of benzene rings is 1. The first-order chi connectivity index (χ1) is 8.59. The van der Waals surface area contributed by atoms with Crippen molar-refractivity contribution in [3.8, 4) is 5.75 Å². The van der Waals surface area contributed by atoms with Crippen LogP contribution in [0.3, 0.4) is 0 Å². The number of thioether (sulfide) groups is 1. The molecule has 0 saturated carbocycles. The lowest BCUT2D eigenvalue weighted by Crippen LogP contribution is -2.26. The second-order valence-corrected chi connectivity index (χ2v) is 7.32. The van der Waals surface area contributed by atoms with Crippen molar-refractivity contribution in [3.05, 3.63) is 27.2 Å². The van der Waals surface area contributed by atoms with E-state index in [0.717, 1.165) is 34.6 Å². The van der Waals surface area contributed by atoms with Gasteiger partial charge in [0.25, 0.3) is 0 Å². The van der Waals surface area contributed by atoms with Crippen molar-refractivity contribution in [2.24, 2.45) is 5.92 Å². The molecule has 0 saturated heterocycles. The molecule has 0 amide bonds. The van der Waals surface area contributed by atoms with Crippen LogP contribution in [-0.4, -0.2) is 17.0 Å². The minimum absolute atomic E-state index is 0.272. The molecule has 1 aromatic rings. The highest BCUT2D eigenvalue weighted by atomic mass is 79.9. The van der Waals surface area contributed by atoms with Crippen LogP contribution in [0.15, 0.2) is 10.5 Å². The van der Waals surface area contributed by atoms with Crippen molar-refractivity contribution in [1.29, 1.82) is 0 Å². The second-order valence-electron chi connectivity index (χ2n) is 5.30. The summed E-state index contributed by atoms with van der Waals surface area (Å²) < 4.78 is 6.79. The smallest absolute Gasteiger partial charge is 0.127 e. The van der Waals surface area contributed by atoms with Gasteiger partial charge in [-0.2, -0.15) is 11.8 Å². The van der Waals surface area contributed by atoms with Gasteiger partial charge in [0.05, 0.1) is 12.7 Å². The monoisotopic (exact) mass is 328 g/mol. The second kappa shape index (κ2) is 4.73. The molecule has 0 fully saturated rings. The van der Waals surface area contributed by atoms with Crippen LogP contribution < -0.4 is 4.74 Å². The fraction of sp³-hybridized carbons (Fsp3) is 0.571. The highest BCUT2D eigenvalue weighted by molar-refractivity contribution is 9.10. The number of aliphatic hydroxyl groups is 1. The zero-order chi connectivity index (χ0) is 12.9. The van der Waals surface area contributed by atoms with Gasteiger partial charge in [-0.25, -0.2) is 0 Å². The Morgan fingerprint density at radius 1 is 1.50 bits per heavy atom. The molecule has 0 aromatic heterocycles. The topological polar surface area (TPSA) is 29.5 Å². The van der Waals surface area contributed by atoms with Gasteiger partial charge in [-0.3, -0.25) is 0 Å². The number of hydrogen-bond acceptors (Lipinski definition) is 3. The normalized spacial score (nSPS) is 25.8. The molecule has 4 heteroatoms. The first-order valence-corrected chi connectivity index (χ1v) is 8.20. The third-order valence-electron chi connectivity index (χ3n) is 3.75. The Morgan fingerprint density at radius 2 is 2.28 bits per heavy atom. The standard InChI is InChI=1S/C14H17BrO2S/c1-7(2)14-12(16)11-9(6-18-14)13-8(3-4-17-13)5-10(11)15/h5,7,12,14,16H,3-4,6H2,1-2H3. The Balaban J connectivity index is 2.11. The molecule has 0 spiro atoms. The van der Waals surface area contributed by atoms with Crippen LogP contribution in [0.5, 0.6) is 5.75 Å². The van der Waals surface area contributed by atoms with Crippen LogP contribution in [-0.2, 0) is 12.2 Å². The van der Waals surface area contributed by atoms with Crippen LogP contribution in [0.2, 0.25) is 0 Å². The molecule has 18 heavy (non-hydrogen) atoms. The van der Waals surface area contributed by atoms with Crippen LogP contribution >= 0.6 is 27.7 Å².